The van der Waals surface area contributed by atoms with E-state index in [2.05, 4.69) is 31.2 Å². The smallest absolute Gasteiger partial charge is 0.226 e. The van der Waals surface area contributed by atoms with Gasteiger partial charge in [0.1, 0.15) is 0 Å². The van der Waals surface area contributed by atoms with Crippen LogP contribution in [-0.2, 0) is 21.4 Å². The van der Waals surface area contributed by atoms with E-state index in [1.807, 2.05) is 4.90 Å². The monoisotopic (exact) mass is 364 g/mol. The summed E-state index contributed by atoms with van der Waals surface area (Å²) in [5, 5.41) is 0. The summed E-state index contributed by atoms with van der Waals surface area (Å²) >= 11 is 0. The molecule has 1 saturated carbocycles. The SMILES string of the molecule is CCS(=O)(=O)N1CCC(C(=O)N(Cc2ccc(C)cc2)C2CC2)CC1. The third-order valence-electron chi connectivity index (χ3n) is 5.31. The molecule has 0 radical (unpaired) electrons. The van der Waals surface area contributed by atoms with E-state index >= 15 is 0 Å². The van der Waals surface area contributed by atoms with Gasteiger partial charge in [0.05, 0.1) is 5.75 Å². The lowest BCUT2D eigenvalue weighted by atomic mass is 9.96. The highest BCUT2D eigenvalue weighted by Gasteiger charge is 2.38. The van der Waals surface area contributed by atoms with Crippen molar-refractivity contribution in [2.45, 2.75) is 52.1 Å². The van der Waals surface area contributed by atoms with Crippen LogP contribution in [0.1, 0.15) is 43.7 Å². The third kappa shape index (κ3) is 4.42. The fourth-order valence-electron chi connectivity index (χ4n) is 3.46. The molecule has 1 aromatic carbocycles. The van der Waals surface area contributed by atoms with E-state index in [1.165, 1.54) is 9.87 Å². The van der Waals surface area contributed by atoms with Crippen molar-refractivity contribution in [3.05, 3.63) is 35.4 Å². The van der Waals surface area contributed by atoms with Crippen molar-refractivity contribution in [2.75, 3.05) is 18.8 Å². The van der Waals surface area contributed by atoms with Gasteiger partial charge in [-0.2, -0.15) is 0 Å². The summed E-state index contributed by atoms with van der Waals surface area (Å²) in [5.74, 6) is 0.290. The molecule has 0 unspecified atom stereocenters. The molecule has 3 rings (SSSR count). The number of hydrogen-bond acceptors (Lipinski definition) is 3. The Morgan fingerprint density at radius 3 is 2.24 bits per heavy atom. The zero-order valence-corrected chi connectivity index (χ0v) is 16.0. The topological polar surface area (TPSA) is 57.7 Å². The second kappa shape index (κ2) is 7.46. The van der Waals surface area contributed by atoms with Crippen LogP contribution in [-0.4, -0.2) is 48.4 Å². The number of hydrogen-bond donors (Lipinski definition) is 0. The van der Waals surface area contributed by atoms with Gasteiger partial charge in [-0.1, -0.05) is 29.8 Å². The molecule has 0 atom stereocenters. The molecular formula is C19H28N2O3S. The van der Waals surface area contributed by atoms with Gasteiger partial charge in [-0.05, 0) is 45.1 Å². The minimum Gasteiger partial charge on any atom is -0.335 e. The number of aryl methyl sites for hydroxylation is 1. The van der Waals surface area contributed by atoms with Gasteiger partial charge in [-0.3, -0.25) is 4.79 Å². The zero-order valence-electron chi connectivity index (χ0n) is 15.1. The molecule has 138 valence electrons. The summed E-state index contributed by atoms with van der Waals surface area (Å²) in [6, 6.07) is 8.71. The highest BCUT2D eigenvalue weighted by atomic mass is 32.2. The van der Waals surface area contributed by atoms with E-state index in [1.54, 1.807) is 6.92 Å². The molecule has 0 bridgehead atoms. The first kappa shape index (κ1) is 18.4. The molecule has 1 aliphatic carbocycles. The second-order valence-electron chi connectivity index (χ2n) is 7.26. The molecule has 1 aromatic rings. The van der Waals surface area contributed by atoms with E-state index in [-0.39, 0.29) is 17.6 Å². The van der Waals surface area contributed by atoms with Gasteiger partial charge in [0.15, 0.2) is 0 Å². The predicted molar refractivity (Wildman–Crippen MR) is 98.5 cm³/mol. The number of rotatable bonds is 6. The van der Waals surface area contributed by atoms with Gasteiger partial charge < -0.3 is 4.90 Å². The molecule has 1 heterocycles. The molecule has 0 N–H and O–H groups in total. The van der Waals surface area contributed by atoms with Crippen molar-refractivity contribution >= 4 is 15.9 Å². The Morgan fingerprint density at radius 1 is 1.12 bits per heavy atom. The molecule has 2 fully saturated rings. The standard InChI is InChI=1S/C19H28N2O3S/c1-3-25(23,24)20-12-10-17(11-13-20)19(22)21(18-8-9-18)14-16-6-4-15(2)5-7-16/h4-7,17-18H,3,8-14H2,1-2H3. The number of carbonyl (C=O) groups is 1. The Balaban J connectivity index is 1.63. The number of nitrogens with zero attached hydrogens (tertiary/aromatic N) is 2. The molecule has 0 aromatic heterocycles. The Labute approximate surface area is 151 Å². The minimum atomic E-state index is -3.14. The molecular weight excluding hydrogens is 336 g/mol. The molecule has 1 amide bonds. The van der Waals surface area contributed by atoms with Crippen molar-refractivity contribution in [3.63, 3.8) is 0 Å². The fraction of sp³-hybridized carbons (Fsp3) is 0.632. The number of carbonyl (C=O) groups excluding carboxylic acids is 1. The van der Waals surface area contributed by atoms with E-state index in [9.17, 15) is 13.2 Å². The van der Waals surface area contributed by atoms with Gasteiger partial charge in [0.2, 0.25) is 15.9 Å². The van der Waals surface area contributed by atoms with Crippen LogP contribution in [0.2, 0.25) is 0 Å². The van der Waals surface area contributed by atoms with Crippen molar-refractivity contribution in [1.82, 2.24) is 9.21 Å². The normalized spacial score (nSPS) is 19.8. The highest BCUT2D eigenvalue weighted by molar-refractivity contribution is 7.89. The average Bonchev–Trinajstić information content (AvgIpc) is 3.46. The summed E-state index contributed by atoms with van der Waals surface area (Å²) in [5.41, 5.74) is 2.38. The van der Waals surface area contributed by atoms with Crippen molar-refractivity contribution in [1.29, 1.82) is 0 Å². The molecule has 1 aliphatic heterocycles. The summed E-state index contributed by atoms with van der Waals surface area (Å²) < 4.78 is 25.5. The number of sulfonamides is 1. The average molecular weight is 365 g/mol. The lowest BCUT2D eigenvalue weighted by molar-refractivity contribution is -0.138. The number of amides is 1. The minimum absolute atomic E-state index is 0.0469. The Kier molecular flexibility index (Phi) is 5.49. The van der Waals surface area contributed by atoms with Crippen LogP contribution < -0.4 is 0 Å². The van der Waals surface area contributed by atoms with Gasteiger partial charge in [0, 0.05) is 31.6 Å². The van der Waals surface area contributed by atoms with E-state index < -0.39 is 10.0 Å². The van der Waals surface area contributed by atoms with Crippen LogP contribution in [0.25, 0.3) is 0 Å². The van der Waals surface area contributed by atoms with Crippen molar-refractivity contribution in [3.8, 4) is 0 Å². The summed E-state index contributed by atoms with van der Waals surface area (Å²) in [7, 11) is -3.14. The van der Waals surface area contributed by atoms with Crippen molar-refractivity contribution in [2.24, 2.45) is 5.92 Å². The first-order valence-corrected chi connectivity index (χ1v) is 10.9. The van der Waals surface area contributed by atoms with Gasteiger partial charge >= 0.3 is 0 Å². The summed E-state index contributed by atoms with van der Waals surface area (Å²) in [4.78, 5) is 15.1. The molecule has 2 aliphatic rings. The first-order valence-electron chi connectivity index (χ1n) is 9.24. The lowest BCUT2D eigenvalue weighted by Gasteiger charge is -2.33. The second-order valence-corrected chi connectivity index (χ2v) is 9.51. The Morgan fingerprint density at radius 2 is 1.72 bits per heavy atom. The van der Waals surface area contributed by atoms with E-state index in [4.69, 9.17) is 0 Å². The molecule has 6 heteroatoms. The highest BCUT2D eigenvalue weighted by Crippen LogP contribution is 2.32. The summed E-state index contributed by atoms with van der Waals surface area (Å²) in [6.07, 6.45) is 3.44. The van der Waals surface area contributed by atoms with Crippen LogP contribution >= 0.6 is 0 Å². The zero-order chi connectivity index (χ0) is 18.0. The van der Waals surface area contributed by atoms with Gasteiger partial charge in [-0.25, -0.2) is 12.7 Å². The van der Waals surface area contributed by atoms with Crippen LogP contribution in [0, 0.1) is 12.8 Å². The van der Waals surface area contributed by atoms with Crippen LogP contribution in [0.3, 0.4) is 0 Å². The van der Waals surface area contributed by atoms with Gasteiger partial charge in [-0.15, -0.1) is 0 Å². The molecule has 0 spiro atoms. The maximum absolute atomic E-state index is 13.0. The maximum Gasteiger partial charge on any atom is 0.226 e. The Hall–Kier alpha value is -1.40. The number of piperidine rings is 1. The number of benzene rings is 1. The molecule has 1 saturated heterocycles. The third-order valence-corrected chi connectivity index (χ3v) is 7.19. The predicted octanol–water partition coefficient (Wildman–Crippen LogP) is 2.55. The fourth-order valence-corrected chi connectivity index (χ4v) is 4.59. The Bertz CT molecular complexity index is 703. The summed E-state index contributed by atoms with van der Waals surface area (Å²) in [6.45, 7) is 5.33. The van der Waals surface area contributed by atoms with Gasteiger partial charge in [0.25, 0.3) is 0 Å². The molecule has 5 nitrogen and oxygen atoms in total. The van der Waals surface area contributed by atoms with Crippen LogP contribution in [0.5, 0.6) is 0 Å². The van der Waals surface area contributed by atoms with Crippen LogP contribution in [0.15, 0.2) is 24.3 Å². The lowest BCUT2D eigenvalue weighted by Crippen LogP contribution is -2.45. The van der Waals surface area contributed by atoms with E-state index in [0.717, 1.165) is 18.4 Å². The quantitative estimate of drug-likeness (QED) is 0.779. The van der Waals surface area contributed by atoms with Crippen molar-refractivity contribution < 1.29 is 13.2 Å². The molecule has 25 heavy (non-hydrogen) atoms. The van der Waals surface area contributed by atoms with Crippen LogP contribution in [0.4, 0.5) is 0 Å². The first-order chi connectivity index (χ1) is 11.9. The maximum atomic E-state index is 13.0. The largest absolute Gasteiger partial charge is 0.335 e. The van der Waals surface area contributed by atoms with E-state index in [0.29, 0.717) is 38.5 Å².